The summed E-state index contributed by atoms with van der Waals surface area (Å²) in [5, 5.41) is 12.6. The molecule has 3 heteroatoms. The minimum atomic E-state index is -0.185. The minimum absolute atomic E-state index is 0.0570. The summed E-state index contributed by atoms with van der Waals surface area (Å²) in [4.78, 5) is 11.9. The van der Waals surface area contributed by atoms with E-state index in [-0.39, 0.29) is 11.7 Å². The van der Waals surface area contributed by atoms with Crippen molar-refractivity contribution in [2.75, 3.05) is 6.54 Å². The Kier molecular flexibility index (Phi) is 3.36. The fourth-order valence-corrected chi connectivity index (χ4v) is 2.01. The highest BCUT2D eigenvalue weighted by atomic mass is 16.3. The molecular formula is C14H19NO2. The van der Waals surface area contributed by atoms with Gasteiger partial charge in [-0.25, -0.2) is 0 Å². The van der Waals surface area contributed by atoms with Crippen molar-refractivity contribution in [1.82, 2.24) is 5.32 Å². The zero-order valence-corrected chi connectivity index (χ0v) is 10.4. The Bertz CT molecular complexity index is 424. The van der Waals surface area contributed by atoms with E-state index >= 15 is 0 Å². The largest absolute Gasteiger partial charge is 0.507 e. The molecule has 92 valence electrons. The summed E-state index contributed by atoms with van der Waals surface area (Å²) in [5.41, 5.74) is 1.31. The fraction of sp³-hybridized carbons (Fsp3) is 0.500. The van der Waals surface area contributed by atoms with E-state index in [0.29, 0.717) is 18.0 Å². The molecule has 0 bridgehead atoms. The summed E-state index contributed by atoms with van der Waals surface area (Å²) in [5.74, 6) is 1.19. The summed E-state index contributed by atoms with van der Waals surface area (Å²) in [6.07, 6.45) is 2.57. The van der Waals surface area contributed by atoms with Gasteiger partial charge in [0.15, 0.2) is 0 Å². The van der Waals surface area contributed by atoms with Crippen LogP contribution in [0.3, 0.4) is 0 Å². The fourth-order valence-electron chi connectivity index (χ4n) is 2.01. The lowest BCUT2D eigenvalue weighted by Gasteiger charge is -2.12. The summed E-state index contributed by atoms with van der Waals surface area (Å²) >= 11 is 0. The second kappa shape index (κ2) is 4.78. The van der Waals surface area contributed by atoms with E-state index in [4.69, 9.17) is 0 Å². The Morgan fingerprint density at radius 1 is 1.53 bits per heavy atom. The first-order valence-electron chi connectivity index (χ1n) is 6.15. The zero-order valence-electron chi connectivity index (χ0n) is 10.4. The number of carbonyl (C=O) groups excluding carboxylic acids is 1. The van der Waals surface area contributed by atoms with Gasteiger partial charge in [0.2, 0.25) is 0 Å². The first-order chi connectivity index (χ1) is 8.08. The van der Waals surface area contributed by atoms with Crippen LogP contribution in [-0.2, 0) is 0 Å². The van der Waals surface area contributed by atoms with Crippen molar-refractivity contribution in [1.29, 1.82) is 0 Å². The number of amides is 1. The van der Waals surface area contributed by atoms with Crippen LogP contribution in [0.25, 0.3) is 0 Å². The van der Waals surface area contributed by atoms with E-state index in [9.17, 15) is 9.90 Å². The molecule has 1 atom stereocenters. The van der Waals surface area contributed by atoms with E-state index in [1.807, 2.05) is 13.0 Å². The standard InChI is InChI=1S/C14H19NO2/c1-9-3-6-12(13(16)7-9)14(17)15-8-10(2)11-4-5-11/h3,6-7,10-11,16H,4-5,8H2,1-2H3,(H,15,17). The number of nitrogens with one attached hydrogen (secondary N) is 1. The van der Waals surface area contributed by atoms with Crippen LogP contribution < -0.4 is 5.32 Å². The minimum Gasteiger partial charge on any atom is -0.507 e. The quantitative estimate of drug-likeness (QED) is 0.839. The molecule has 0 heterocycles. The number of benzene rings is 1. The molecule has 1 aliphatic rings. The van der Waals surface area contributed by atoms with Gasteiger partial charge < -0.3 is 10.4 Å². The summed E-state index contributed by atoms with van der Waals surface area (Å²) in [6, 6.07) is 5.11. The number of aromatic hydroxyl groups is 1. The number of hydrogen-bond donors (Lipinski definition) is 2. The van der Waals surface area contributed by atoms with Gasteiger partial charge in [0.05, 0.1) is 5.56 Å². The summed E-state index contributed by atoms with van der Waals surface area (Å²) in [7, 11) is 0. The normalized spacial score (nSPS) is 16.6. The molecule has 2 rings (SSSR count). The molecule has 1 aromatic rings. The van der Waals surface area contributed by atoms with E-state index in [0.717, 1.165) is 11.5 Å². The molecule has 0 radical (unpaired) electrons. The van der Waals surface area contributed by atoms with Gasteiger partial charge >= 0.3 is 0 Å². The zero-order chi connectivity index (χ0) is 12.4. The number of phenols is 1. The third-order valence-corrected chi connectivity index (χ3v) is 3.41. The van der Waals surface area contributed by atoms with Crippen LogP contribution in [0, 0.1) is 18.8 Å². The predicted molar refractivity (Wildman–Crippen MR) is 67.1 cm³/mol. The third-order valence-electron chi connectivity index (χ3n) is 3.41. The van der Waals surface area contributed by atoms with Crippen molar-refractivity contribution in [3.05, 3.63) is 29.3 Å². The first kappa shape index (κ1) is 12.0. The van der Waals surface area contributed by atoms with Gasteiger partial charge in [0.25, 0.3) is 5.91 Å². The number of rotatable bonds is 4. The van der Waals surface area contributed by atoms with Crippen molar-refractivity contribution in [3.8, 4) is 5.75 Å². The first-order valence-corrected chi connectivity index (χ1v) is 6.15. The molecule has 1 saturated carbocycles. The maximum Gasteiger partial charge on any atom is 0.255 e. The molecule has 0 saturated heterocycles. The molecule has 0 aliphatic heterocycles. The van der Waals surface area contributed by atoms with Crippen LogP contribution in [0.4, 0.5) is 0 Å². The second-order valence-electron chi connectivity index (χ2n) is 5.05. The van der Waals surface area contributed by atoms with E-state index in [2.05, 4.69) is 12.2 Å². The Balaban J connectivity index is 1.94. The van der Waals surface area contributed by atoms with Crippen LogP contribution in [0.5, 0.6) is 5.75 Å². The SMILES string of the molecule is Cc1ccc(C(=O)NCC(C)C2CC2)c(O)c1. The predicted octanol–water partition coefficient (Wildman–Crippen LogP) is 2.48. The Hall–Kier alpha value is -1.51. The summed E-state index contributed by atoms with van der Waals surface area (Å²) in [6.45, 7) is 4.74. The van der Waals surface area contributed by atoms with Crippen molar-refractivity contribution >= 4 is 5.91 Å². The number of hydrogen-bond acceptors (Lipinski definition) is 2. The van der Waals surface area contributed by atoms with Gasteiger partial charge in [-0.15, -0.1) is 0 Å². The lowest BCUT2D eigenvalue weighted by atomic mass is 10.1. The van der Waals surface area contributed by atoms with Crippen LogP contribution in [-0.4, -0.2) is 17.6 Å². The monoisotopic (exact) mass is 233 g/mol. The van der Waals surface area contributed by atoms with Crippen LogP contribution in [0.15, 0.2) is 18.2 Å². The molecule has 1 aromatic carbocycles. The van der Waals surface area contributed by atoms with Crippen LogP contribution >= 0.6 is 0 Å². The van der Waals surface area contributed by atoms with Gasteiger partial charge in [0, 0.05) is 6.54 Å². The highest BCUT2D eigenvalue weighted by Gasteiger charge is 2.28. The maximum absolute atomic E-state index is 11.9. The molecule has 3 nitrogen and oxygen atoms in total. The van der Waals surface area contributed by atoms with Crippen molar-refractivity contribution in [2.45, 2.75) is 26.7 Å². The highest BCUT2D eigenvalue weighted by molar-refractivity contribution is 5.96. The van der Waals surface area contributed by atoms with Crippen LogP contribution in [0.2, 0.25) is 0 Å². The van der Waals surface area contributed by atoms with Crippen molar-refractivity contribution in [3.63, 3.8) is 0 Å². The maximum atomic E-state index is 11.9. The number of phenolic OH excluding ortho intramolecular Hbond substituents is 1. The Labute approximate surface area is 102 Å². The van der Waals surface area contributed by atoms with E-state index in [1.165, 1.54) is 12.8 Å². The van der Waals surface area contributed by atoms with Crippen LogP contribution in [0.1, 0.15) is 35.7 Å². The van der Waals surface area contributed by atoms with Gasteiger partial charge in [-0.05, 0) is 49.3 Å². The van der Waals surface area contributed by atoms with Gasteiger partial charge in [-0.1, -0.05) is 13.0 Å². The number of carbonyl (C=O) groups is 1. The Morgan fingerprint density at radius 3 is 2.82 bits per heavy atom. The molecule has 1 fully saturated rings. The molecule has 2 N–H and O–H groups in total. The van der Waals surface area contributed by atoms with Gasteiger partial charge in [0.1, 0.15) is 5.75 Å². The average molecular weight is 233 g/mol. The molecule has 1 unspecified atom stereocenters. The van der Waals surface area contributed by atoms with Crippen molar-refractivity contribution < 1.29 is 9.90 Å². The van der Waals surface area contributed by atoms with Crippen molar-refractivity contribution in [2.24, 2.45) is 11.8 Å². The molecule has 17 heavy (non-hydrogen) atoms. The third kappa shape index (κ3) is 2.99. The Morgan fingerprint density at radius 2 is 2.24 bits per heavy atom. The highest BCUT2D eigenvalue weighted by Crippen LogP contribution is 2.36. The lowest BCUT2D eigenvalue weighted by molar-refractivity contribution is 0.0944. The van der Waals surface area contributed by atoms with Gasteiger partial charge in [-0.2, -0.15) is 0 Å². The smallest absolute Gasteiger partial charge is 0.255 e. The topological polar surface area (TPSA) is 49.3 Å². The second-order valence-corrected chi connectivity index (χ2v) is 5.05. The van der Waals surface area contributed by atoms with Gasteiger partial charge in [-0.3, -0.25) is 4.79 Å². The molecule has 1 aliphatic carbocycles. The number of aryl methyl sites for hydroxylation is 1. The average Bonchev–Trinajstić information content (AvgIpc) is 3.09. The van der Waals surface area contributed by atoms with E-state index < -0.39 is 0 Å². The molecule has 1 amide bonds. The molecule has 0 aromatic heterocycles. The summed E-state index contributed by atoms with van der Waals surface area (Å²) < 4.78 is 0. The lowest BCUT2D eigenvalue weighted by Crippen LogP contribution is -2.29. The van der Waals surface area contributed by atoms with E-state index in [1.54, 1.807) is 12.1 Å². The molecule has 0 spiro atoms. The molecular weight excluding hydrogens is 214 g/mol.